The van der Waals surface area contributed by atoms with Crippen LogP contribution in [0.15, 0.2) is 96.2 Å². The molecule has 3 aromatic carbocycles. The smallest absolute Gasteiger partial charge is 0.261 e. The van der Waals surface area contributed by atoms with Crippen LogP contribution in [-0.4, -0.2) is 25.2 Å². The molecule has 10 heteroatoms. The summed E-state index contributed by atoms with van der Waals surface area (Å²) in [6, 6.07) is 20.8. The van der Waals surface area contributed by atoms with E-state index in [0.717, 1.165) is 11.1 Å². The summed E-state index contributed by atoms with van der Waals surface area (Å²) in [5.41, 5.74) is 2.69. The van der Waals surface area contributed by atoms with E-state index in [9.17, 15) is 18.0 Å². The normalized spacial score (nSPS) is 11.0. The fraction of sp³-hybridized carbons (Fsp3) is 0.0741. The average molecular weight is 535 g/mol. The fourth-order valence-electron chi connectivity index (χ4n) is 3.43. The molecule has 0 unspecified atom stereocenters. The van der Waals surface area contributed by atoms with Gasteiger partial charge in [0.1, 0.15) is 0 Å². The Kier molecular flexibility index (Phi) is 7.86. The minimum Gasteiger partial charge on any atom is -0.348 e. The van der Waals surface area contributed by atoms with Crippen molar-refractivity contribution >= 4 is 44.8 Å². The van der Waals surface area contributed by atoms with Crippen LogP contribution >= 0.6 is 11.6 Å². The quantitative estimate of drug-likeness (QED) is 0.293. The van der Waals surface area contributed by atoms with Gasteiger partial charge in [0.25, 0.3) is 21.8 Å². The lowest BCUT2D eigenvalue weighted by Crippen LogP contribution is -2.25. The van der Waals surface area contributed by atoms with E-state index < -0.39 is 15.9 Å². The third-order valence-electron chi connectivity index (χ3n) is 5.40. The molecule has 4 aromatic rings. The van der Waals surface area contributed by atoms with Crippen molar-refractivity contribution in [3.8, 4) is 0 Å². The van der Waals surface area contributed by atoms with Gasteiger partial charge in [0.05, 0.1) is 26.9 Å². The monoisotopic (exact) mass is 534 g/mol. The van der Waals surface area contributed by atoms with Gasteiger partial charge in [-0.25, -0.2) is 8.42 Å². The Morgan fingerprint density at radius 3 is 2.35 bits per heavy atom. The molecule has 37 heavy (non-hydrogen) atoms. The zero-order valence-corrected chi connectivity index (χ0v) is 21.3. The maximum absolute atomic E-state index is 12.9. The molecule has 1 aromatic heterocycles. The molecule has 1 heterocycles. The molecule has 0 fully saturated rings. The van der Waals surface area contributed by atoms with Crippen molar-refractivity contribution in [3.05, 3.63) is 119 Å². The Bertz CT molecular complexity index is 1540. The van der Waals surface area contributed by atoms with Gasteiger partial charge in [-0.15, -0.1) is 0 Å². The van der Waals surface area contributed by atoms with Crippen LogP contribution < -0.4 is 15.4 Å². The molecule has 0 spiro atoms. The molecule has 8 nitrogen and oxygen atoms in total. The van der Waals surface area contributed by atoms with Crippen LogP contribution in [0, 0.1) is 6.92 Å². The Morgan fingerprint density at radius 2 is 1.65 bits per heavy atom. The van der Waals surface area contributed by atoms with Crippen molar-refractivity contribution in [3.63, 3.8) is 0 Å². The molecular formula is C27H23ClN4O4S. The van der Waals surface area contributed by atoms with Gasteiger partial charge in [-0.05, 0) is 61.0 Å². The predicted octanol–water partition coefficient (Wildman–Crippen LogP) is 5.03. The van der Waals surface area contributed by atoms with Crippen molar-refractivity contribution in [1.82, 2.24) is 10.3 Å². The molecule has 0 saturated carbocycles. The van der Waals surface area contributed by atoms with E-state index in [1.165, 1.54) is 30.3 Å². The van der Waals surface area contributed by atoms with Crippen LogP contribution in [0.25, 0.3) is 0 Å². The van der Waals surface area contributed by atoms with Gasteiger partial charge in [0.2, 0.25) is 0 Å². The first-order valence-electron chi connectivity index (χ1n) is 11.2. The molecule has 0 radical (unpaired) electrons. The SMILES string of the molecule is Cc1ccc(S(=O)(=O)Nc2ccc(C(=O)Nc3ccccc3C(=O)NCc3cccnc3)cc2Cl)cc1. The number of rotatable bonds is 8. The molecule has 4 rings (SSSR count). The Morgan fingerprint density at radius 1 is 0.892 bits per heavy atom. The summed E-state index contributed by atoms with van der Waals surface area (Å²) < 4.78 is 27.8. The lowest BCUT2D eigenvalue weighted by molar-refractivity contribution is 0.0951. The zero-order valence-electron chi connectivity index (χ0n) is 19.7. The summed E-state index contributed by atoms with van der Waals surface area (Å²) in [7, 11) is -3.86. The highest BCUT2D eigenvalue weighted by Crippen LogP contribution is 2.27. The number of pyridine rings is 1. The Labute approximate surface area is 219 Å². The van der Waals surface area contributed by atoms with Gasteiger partial charge in [0.15, 0.2) is 0 Å². The van der Waals surface area contributed by atoms with E-state index in [1.54, 1.807) is 54.9 Å². The van der Waals surface area contributed by atoms with Gasteiger partial charge in [-0.2, -0.15) is 0 Å². The second kappa shape index (κ2) is 11.2. The van der Waals surface area contributed by atoms with Gasteiger partial charge in [-0.1, -0.05) is 47.5 Å². The lowest BCUT2D eigenvalue weighted by Gasteiger charge is -2.13. The van der Waals surface area contributed by atoms with Crippen LogP contribution in [0.1, 0.15) is 31.8 Å². The van der Waals surface area contributed by atoms with Gasteiger partial charge in [-0.3, -0.25) is 19.3 Å². The molecule has 3 N–H and O–H groups in total. The van der Waals surface area contributed by atoms with Crippen molar-refractivity contribution in [2.45, 2.75) is 18.4 Å². The van der Waals surface area contributed by atoms with Crippen molar-refractivity contribution in [1.29, 1.82) is 0 Å². The molecule has 2 amide bonds. The maximum atomic E-state index is 12.9. The molecule has 0 saturated heterocycles. The summed E-state index contributed by atoms with van der Waals surface area (Å²) in [4.78, 5) is 29.8. The van der Waals surface area contributed by atoms with Gasteiger partial charge >= 0.3 is 0 Å². The van der Waals surface area contributed by atoms with Crippen LogP contribution in [0.3, 0.4) is 0 Å². The summed E-state index contributed by atoms with van der Waals surface area (Å²) in [5, 5.41) is 5.58. The van der Waals surface area contributed by atoms with Crippen LogP contribution in [-0.2, 0) is 16.6 Å². The number of hydrogen-bond acceptors (Lipinski definition) is 5. The zero-order chi connectivity index (χ0) is 26.4. The largest absolute Gasteiger partial charge is 0.348 e. The van der Waals surface area contributed by atoms with Gasteiger partial charge in [0, 0.05) is 24.5 Å². The number of aryl methyl sites for hydroxylation is 1. The lowest BCUT2D eigenvalue weighted by atomic mass is 10.1. The molecular weight excluding hydrogens is 512 g/mol. The molecule has 0 atom stereocenters. The van der Waals surface area contributed by atoms with Crippen LogP contribution in [0.2, 0.25) is 5.02 Å². The number of carbonyl (C=O) groups is 2. The first kappa shape index (κ1) is 25.9. The number of nitrogens with one attached hydrogen (secondary N) is 3. The highest BCUT2D eigenvalue weighted by molar-refractivity contribution is 7.92. The predicted molar refractivity (Wildman–Crippen MR) is 143 cm³/mol. The molecule has 0 bridgehead atoms. The Balaban J connectivity index is 1.46. The fourth-order valence-corrected chi connectivity index (χ4v) is 4.79. The molecule has 188 valence electrons. The average Bonchev–Trinajstić information content (AvgIpc) is 2.89. The third-order valence-corrected chi connectivity index (χ3v) is 7.10. The second-order valence-corrected chi connectivity index (χ2v) is 10.2. The topological polar surface area (TPSA) is 117 Å². The number of sulfonamides is 1. The number of carbonyl (C=O) groups excluding carboxylic acids is 2. The second-order valence-electron chi connectivity index (χ2n) is 8.16. The number of anilines is 2. The summed E-state index contributed by atoms with van der Waals surface area (Å²) >= 11 is 6.30. The first-order chi connectivity index (χ1) is 17.7. The van der Waals surface area contributed by atoms with Gasteiger partial charge < -0.3 is 10.6 Å². The van der Waals surface area contributed by atoms with Crippen molar-refractivity contribution < 1.29 is 18.0 Å². The standard InChI is InChI=1S/C27H23ClN4O4S/c1-18-8-11-21(12-9-18)37(35,36)32-25-13-10-20(15-23(25)28)26(33)31-24-7-3-2-6-22(24)27(34)30-17-19-5-4-14-29-16-19/h2-16,32H,17H2,1H3,(H,30,34)(H,31,33). The Hall–Kier alpha value is -4.21. The molecule has 0 aliphatic heterocycles. The highest BCUT2D eigenvalue weighted by atomic mass is 35.5. The number of benzene rings is 3. The number of nitrogens with zero attached hydrogens (tertiary/aromatic N) is 1. The van der Waals surface area contributed by atoms with E-state index in [2.05, 4.69) is 20.3 Å². The number of hydrogen-bond donors (Lipinski definition) is 3. The third kappa shape index (κ3) is 6.52. The van der Waals surface area contributed by atoms with E-state index >= 15 is 0 Å². The molecule has 0 aliphatic rings. The van der Waals surface area contributed by atoms with E-state index in [0.29, 0.717) is 5.69 Å². The number of halogens is 1. The minimum absolute atomic E-state index is 0.0471. The highest BCUT2D eigenvalue weighted by Gasteiger charge is 2.18. The van der Waals surface area contributed by atoms with Crippen molar-refractivity contribution in [2.75, 3.05) is 10.0 Å². The first-order valence-corrected chi connectivity index (χ1v) is 13.1. The maximum Gasteiger partial charge on any atom is 0.261 e. The van der Waals surface area contributed by atoms with E-state index in [-0.39, 0.29) is 39.2 Å². The van der Waals surface area contributed by atoms with Crippen LogP contribution in [0.4, 0.5) is 11.4 Å². The van der Waals surface area contributed by atoms with E-state index in [1.807, 2.05) is 13.0 Å². The molecule has 0 aliphatic carbocycles. The summed E-state index contributed by atoms with van der Waals surface area (Å²) in [5.74, 6) is -0.874. The van der Waals surface area contributed by atoms with Crippen molar-refractivity contribution in [2.24, 2.45) is 0 Å². The number of amides is 2. The summed E-state index contributed by atoms with van der Waals surface area (Å²) in [6.45, 7) is 2.14. The summed E-state index contributed by atoms with van der Waals surface area (Å²) in [6.07, 6.45) is 3.30. The number of aromatic nitrogens is 1. The van der Waals surface area contributed by atoms with E-state index in [4.69, 9.17) is 11.6 Å². The number of para-hydroxylation sites is 1. The minimum atomic E-state index is -3.86. The van der Waals surface area contributed by atoms with Crippen LogP contribution in [0.5, 0.6) is 0 Å².